The number of hydrogen-bond acceptors (Lipinski definition) is 5. The highest BCUT2D eigenvalue weighted by Gasteiger charge is 2.70. The molecular weight excluding hydrogens is 224 g/mol. The van der Waals surface area contributed by atoms with Crippen molar-refractivity contribution in [3.63, 3.8) is 0 Å². The predicted octanol–water partition coefficient (Wildman–Crippen LogP) is 0.497. The van der Waals surface area contributed by atoms with Crippen molar-refractivity contribution in [3.05, 3.63) is 12.2 Å². The van der Waals surface area contributed by atoms with Crippen molar-refractivity contribution in [2.75, 3.05) is 0 Å². The molecule has 1 heterocycles. The minimum Gasteiger partial charge on any atom is -0.389 e. The molecule has 1 saturated carbocycles. The summed E-state index contributed by atoms with van der Waals surface area (Å²) in [5, 5.41) is 20.0. The van der Waals surface area contributed by atoms with E-state index in [1.54, 1.807) is 20.8 Å². The molecule has 96 valence electrons. The number of carbonyl (C=O) groups excluding carboxylic acids is 1. The van der Waals surface area contributed by atoms with Crippen LogP contribution >= 0.6 is 0 Å². The van der Waals surface area contributed by atoms with Crippen LogP contribution in [0.15, 0.2) is 12.2 Å². The van der Waals surface area contributed by atoms with E-state index in [9.17, 15) is 15.0 Å². The van der Waals surface area contributed by atoms with Gasteiger partial charge in [0, 0.05) is 12.8 Å². The Balaban J connectivity index is 2.42. The van der Waals surface area contributed by atoms with Gasteiger partial charge in [0.15, 0.2) is 0 Å². The maximum Gasteiger partial charge on any atom is 0.147 e. The highest BCUT2D eigenvalue weighted by molar-refractivity contribution is 5.83. The van der Waals surface area contributed by atoms with E-state index in [-0.39, 0.29) is 18.6 Å². The van der Waals surface area contributed by atoms with E-state index in [1.165, 1.54) is 12.2 Å². The number of rotatable bonds is 2. The van der Waals surface area contributed by atoms with Gasteiger partial charge in [0.1, 0.15) is 22.6 Å². The summed E-state index contributed by atoms with van der Waals surface area (Å²) in [7, 11) is 0. The summed E-state index contributed by atoms with van der Waals surface area (Å²) in [6.07, 6.45) is 2.48. The Hall–Kier alpha value is -0.750. The molecule has 2 fully saturated rings. The first-order chi connectivity index (χ1) is 7.72. The van der Waals surface area contributed by atoms with E-state index < -0.39 is 22.9 Å². The fourth-order valence-electron chi connectivity index (χ4n) is 2.64. The maximum atomic E-state index is 11.6. The fraction of sp³-hybridized carbons (Fsp3) is 0.750. The number of hydrogen-bond donors (Lipinski definition) is 2. The zero-order valence-electron chi connectivity index (χ0n) is 10.3. The molecule has 2 rings (SSSR count). The van der Waals surface area contributed by atoms with Crippen LogP contribution in [0.5, 0.6) is 0 Å². The molecule has 2 aliphatic rings. The lowest BCUT2D eigenvalue weighted by Gasteiger charge is -2.43. The molecule has 17 heavy (non-hydrogen) atoms. The van der Waals surface area contributed by atoms with Gasteiger partial charge in [-0.1, -0.05) is 6.08 Å². The molecule has 2 N–H and O–H groups in total. The number of Topliss-reactive ketones (excluding diaryl/α,β-unsaturated/α-hetero) is 1. The minimum absolute atomic E-state index is 0.00243. The number of aliphatic hydroxyl groups excluding tert-OH is 1. The Bertz CT molecular complexity index is 353. The van der Waals surface area contributed by atoms with Crippen LogP contribution in [0, 0.1) is 0 Å². The summed E-state index contributed by atoms with van der Waals surface area (Å²) < 4.78 is 0. The average molecular weight is 242 g/mol. The van der Waals surface area contributed by atoms with Crippen LogP contribution in [0.2, 0.25) is 0 Å². The van der Waals surface area contributed by atoms with Crippen LogP contribution in [-0.4, -0.2) is 38.9 Å². The van der Waals surface area contributed by atoms with Crippen molar-refractivity contribution in [1.82, 2.24) is 0 Å². The van der Waals surface area contributed by atoms with Gasteiger partial charge in [0.2, 0.25) is 0 Å². The van der Waals surface area contributed by atoms with E-state index in [0.717, 1.165) is 0 Å². The van der Waals surface area contributed by atoms with Crippen LogP contribution < -0.4 is 0 Å². The average Bonchev–Trinajstić information content (AvgIpc) is 2.33. The summed E-state index contributed by atoms with van der Waals surface area (Å²) >= 11 is 0. The summed E-state index contributed by atoms with van der Waals surface area (Å²) in [4.78, 5) is 22.0. The molecule has 4 atom stereocenters. The summed E-state index contributed by atoms with van der Waals surface area (Å²) in [6.45, 7) is 4.87. The van der Waals surface area contributed by atoms with Crippen LogP contribution in [0.3, 0.4) is 0 Å². The molecule has 1 aliphatic carbocycles. The Kier molecular flexibility index (Phi) is 2.70. The smallest absolute Gasteiger partial charge is 0.147 e. The second kappa shape index (κ2) is 3.62. The normalized spacial score (nSPS) is 47.7. The van der Waals surface area contributed by atoms with E-state index in [4.69, 9.17) is 9.78 Å². The fourth-order valence-corrected chi connectivity index (χ4v) is 2.64. The zero-order valence-corrected chi connectivity index (χ0v) is 10.3. The molecule has 5 nitrogen and oxygen atoms in total. The lowest BCUT2D eigenvalue weighted by atomic mass is 9.64. The first-order valence-corrected chi connectivity index (χ1v) is 5.71. The number of ketones is 1. The van der Waals surface area contributed by atoms with Gasteiger partial charge in [-0.15, -0.1) is 0 Å². The van der Waals surface area contributed by atoms with E-state index in [2.05, 4.69) is 0 Å². The lowest BCUT2D eigenvalue weighted by Crippen LogP contribution is -2.63. The molecule has 0 amide bonds. The number of fused-ring (bicyclic) bond motifs is 2. The van der Waals surface area contributed by atoms with E-state index >= 15 is 0 Å². The number of carbonyl (C=O) groups is 1. The second-order valence-corrected chi connectivity index (χ2v) is 5.39. The second-order valence-electron chi connectivity index (χ2n) is 5.39. The molecule has 0 aromatic heterocycles. The van der Waals surface area contributed by atoms with Gasteiger partial charge < -0.3 is 10.2 Å². The van der Waals surface area contributed by atoms with Crippen LogP contribution in [-0.2, 0) is 14.6 Å². The number of aliphatic hydroxyl groups is 2. The Labute approximate surface area is 100.0 Å². The van der Waals surface area contributed by atoms with Crippen LogP contribution in [0.4, 0.5) is 0 Å². The van der Waals surface area contributed by atoms with Gasteiger partial charge in [-0.25, -0.2) is 9.78 Å². The highest BCUT2D eigenvalue weighted by atomic mass is 17.2. The van der Waals surface area contributed by atoms with Crippen molar-refractivity contribution >= 4 is 5.78 Å². The molecule has 2 bridgehead atoms. The molecule has 1 saturated heterocycles. The third-order valence-corrected chi connectivity index (χ3v) is 3.71. The largest absolute Gasteiger partial charge is 0.389 e. The summed E-state index contributed by atoms with van der Waals surface area (Å²) in [5.41, 5.74) is -3.60. The predicted molar refractivity (Wildman–Crippen MR) is 59.0 cm³/mol. The van der Waals surface area contributed by atoms with Gasteiger partial charge >= 0.3 is 0 Å². The molecular formula is C12H18O5. The summed E-state index contributed by atoms with van der Waals surface area (Å²) in [5.74, 6) is 0.00243. The van der Waals surface area contributed by atoms with Crippen molar-refractivity contribution in [1.29, 1.82) is 0 Å². The van der Waals surface area contributed by atoms with Gasteiger partial charge in [-0.05, 0) is 26.8 Å². The Morgan fingerprint density at radius 1 is 1.29 bits per heavy atom. The first kappa shape index (κ1) is 12.7. The van der Waals surface area contributed by atoms with Gasteiger partial charge in [0.05, 0.1) is 6.10 Å². The molecule has 0 radical (unpaired) electrons. The van der Waals surface area contributed by atoms with Crippen molar-refractivity contribution in [2.45, 2.75) is 56.5 Å². The van der Waals surface area contributed by atoms with Crippen molar-refractivity contribution in [2.24, 2.45) is 0 Å². The zero-order chi connectivity index (χ0) is 12.9. The van der Waals surface area contributed by atoms with Gasteiger partial charge in [-0.3, -0.25) is 4.79 Å². The van der Waals surface area contributed by atoms with Crippen LogP contribution in [0.1, 0.15) is 33.6 Å². The third-order valence-electron chi connectivity index (χ3n) is 3.71. The Morgan fingerprint density at radius 3 is 2.18 bits per heavy atom. The van der Waals surface area contributed by atoms with Gasteiger partial charge in [0.25, 0.3) is 0 Å². The molecule has 5 heteroatoms. The topological polar surface area (TPSA) is 76.0 Å². The van der Waals surface area contributed by atoms with Crippen molar-refractivity contribution < 1.29 is 24.8 Å². The summed E-state index contributed by atoms with van der Waals surface area (Å²) in [6, 6.07) is 0. The SMILES string of the molecule is C[C@@H](O)/C=C/C1(O)[C@@]2(C)CC(=O)C[C@]1(C)OO2. The van der Waals surface area contributed by atoms with Crippen LogP contribution in [0.25, 0.3) is 0 Å². The maximum absolute atomic E-state index is 11.6. The molecule has 0 aromatic rings. The molecule has 0 aromatic carbocycles. The van der Waals surface area contributed by atoms with E-state index in [1.807, 2.05) is 0 Å². The molecule has 1 unspecified atom stereocenters. The van der Waals surface area contributed by atoms with Crippen molar-refractivity contribution in [3.8, 4) is 0 Å². The quantitative estimate of drug-likeness (QED) is 0.544. The monoisotopic (exact) mass is 242 g/mol. The van der Waals surface area contributed by atoms with E-state index in [0.29, 0.717) is 0 Å². The standard InChI is InChI=1S/C12H18O5/c1-8(13)4-5-12(15)10(2)6-9(14)7-11(12,3)17-16-10/h4-5,8,13,15H,6-7H2,1-3H3/b5-4+/t8-,10-,11+,12?/m1/s1. The first-order valence-electron chi connectivity index (χ1n) is 5.71. The lowest BCUT2D eigenvalue weighted by molar-refractivity contribution is -0.337. The Morgan fingerprint density at radius 2 is 1.76 bits per heavy atom. The third kappa shape index (κ3) is 1.65. The molecule has 1 aliphatic heterocycles. The minimum atomic E-state index is -1.41. The molecule has 0 spiro atoms. The van der Waals surface area contributed by atoms with Gasteiger partial charge in [-0.2, -0.15) is 0 Å². The highest BCUT2D eigenvalue weighted by Crippen LogP contribution is 2.53.